The Morgan fingerprint density at radius 1 is 1.36 bits per heavy atom. The second-order valence-electron chi connectivity index (χ2n) is 2.65. The second-order valence-corrected chi connectivity index (χ2v) is 4.12. The Kier molecular flexibility index (Phi) is 3.21. The molecule has 2 rings (SSSR count). The summed E-state index contributed by atoms with van der Waals surface area (Å²) in [6.45, 7) is 0. The molecule has 0 saturated heterocycles. The zero-order valence-corrected chi connectivity index (χ0v) is 8.32. The molecule has 0 bridgehead atoms. The lowest BCUT2D eigenvalue weighted by Gasteiger charge is -1.81. The lowest BCUT2D eigenvalue weighted by atomic mass is 10.3. The van der Waals surface area contributed by atoms with Gasteiger partial charge in [-0.25, -0.2) is 4.98 Å². The van der Waals surface area contributed by atoms with Crippen LogP contribution in [0.1, 0.15) is 0 Å². The Morgan fingerprint density at radius 3 is 2.50 bits per heavy atom. The smallest absolute Gasteiger partial charge is 0.261 e. The van der Waals surface area contributed by atoms with Crippen LogP contribution in [0.5, 0.6) is 0 Å². The van der Waals surface area contributed by atoms with Crippen LogP contribution < -0.4 is 0 Å². The third-order valence-corrected chi connectivity index (χ3v) is 1.33. The lowest BCUT2D eigenvalue weighted by Crippen LogP contribution is -1.88. The van der Waals surface area contributed by atoms with Crippen molar-refractivity contribution in [2.45, 2.75) is 0 Å². The molecule has 0 aliphatic rings. The molecule has 2 aromatic rings. The molecule has 0 aliphatic carbocycles. The van der Waals surface area contributed by atoms with E-state index in [0.29, 0.717) is 6.26 Å². The molecule has 2 N–H and O–H groups in total. The molecule has 1 aromatic carbocycles. The number of aromatic nitrogens is 2. The number of H-pyrrole nitrogens is 1. The van der Waals surface area contributed by atoms with Crippen LogP contribution in [0, 0.1) is 0 Å². The quantitative estimate of drug-likeness (QED) is 0.642. The van der Waals surface area contributed by atoms with Crippen molar-refractivity contribution < 1.29 is 13.0 Å². The van der Waals surface area contributed by atoms with Crippen molar-refractivity contribution in [3.8, 4) is 0 Å². The van der Waals surface area contributed by atoms with E-state index in [1.807, 2.05) is 24.3 Å². The summed E-state index contributed by atoms with van der Waals surface area (Å²) in [7, 11) is -3.67. The van der Waals surface area contributed by atoms with Gasteiger partial charge in [0.1, 0.15) is 0 Å². The topological polar surface area (TPSA) is 83.0 Å². The van der Waals surface area contributed by atoms with Crippen LogP contribution in [0.2, 0.25) is 0 Å². The first kappa shape index (κ1) is 10.7. The Hall–Kier alpha value is -1.40. The minimum atomic E-state index is -3.67. The molecule has 0 amide bonds. The maximum absolute atomic E-state index is 9.19. The maximum Gasteiger partial charge on any atom is 0.261 e. The Morgan fingerprint density at radius 2 is 1.93 bits per heavy atom. The minimum Gasteiger partial charge on any atom is -0.345 e. The van der Waals surface area contributed by atoms with E-state index >= 15 is 0 Å². The fourth-order valence-electron chi connectivity index (χ4n) is 0.880. The highest BCUT2D eigenvalue weighted by Crippen LogP contribution is 2.05. The van der Waals surface area contributed by atoms with Gasteiger partial charge in [0.2, 0.25) is 0 Å². The van der Waals surface area contributed by atoms with Gasteiger partial charge in [-0.1, -0.05) is 12.1 Å². The third kappa shape index (κ3) is 4.01. The van der Waals surface area contributed by atoms with E-state index < -0.39 is 10.1 Å². The van der Waals surface area contributed by atoms with Crippen LogP contribution in [0.25, 0.3) is 11.0 Å². The minimum absolute atomic E-state index is 0.715. The summed E-state index contributed by atoms with van der Waals surface area (Å²) in [4.78, 5) is 7.07. The van der Waals surface area contributed by atoms with Gasteiger partial charge < -0.3 is 4.98 Å². The van der Waals surface area contributed by atoms with Crippen molar-refractivity contribution in [2.75, 3.05) is 6.26 Å². The molecule has 0 aliphatic heterocycles. The molecule has 5 nitrogen and oxygen atoms in total. The molecule has 6 heteroatoms. The van der Waals surface area contributed by atoms with Crippen molar-refractivity contribution in [3.63, 3.8) is 0 Å². The number of para-hydroxylation sites is 2. The highest BCUT2D eigenvalue weighted by atomic mass is 32.2. The number of nitrogens with one attached hydrogen (secondary N) is 1. The van der Waals surface area contributed by atoms with Gasteiger partial charge in [-0.2, -0.15) is 8.42 Å². The van der Waals surface area contributed by atoms with Crippen LogP contribution in [-0.2, 0) is 10.1 Å². The largest absolute Gasteiger partial charge is 0.345 e. The van der Waals surface area contributed by atoms with E-state index in [9.17, 15) is 8.42 Å². The average Bonchev–Trinajstić information content (AvgIpc) is 2.47. The van der Waals surface area contributed by atoms with Crippen LogP contribution in [-0.4, -0.2) is 29.2 Å². The summed E-state index contributed by atoms with van der Waals surface area (Å²) >= 11 is 0. The molecule has 0 radical (unpaired) electrons. The molecule has 0 spiro atoms. The van der Waals surface area contributed by atoms with Gasteiger partial charge in [-0.05, 0) is 12.1 Å². The van der Waals surface area contributed by atoms with E-state index in [-0.39, 0.29) is 0 Å². The summed E-state index contributed by atoms with van der Waals surface area (Å²) in [6.07, 6.45) is 2.41. The van der Waals surface area contributed by atoms with Gasteiger partial charge in [0.15, 0.2) is 0 Å². The Balaban J connectivity index is 0.000000171. The fraction of sp³-hybridized carbons (Fsp3) is 0.125. The molecule has 76 valence electrons. The van der Waals surface area contributed by atoms with Crippen molar-refractivity contribution >= 4 is 21.2 Å². The number of aromatic amines is 1. The number of hydrogen-bond donors (Lipinski definition) is 2. The molecule has 1 heterocycles. The first-order chi connectivity index (χ1) is 6.47. The van der Waals surface area contributed by atoms with Crippen molar-refractivity contribution in [1.29, 1.82) is 0 Å². The zero-order valence-electron chi connectivity index (χ0n) is 7.51. The van der Waals surface area contributed by atoms with Gasteiger partial charge in [-0.3, -0.25) is 4.55 Å². The second kappa shape index (κ2) is 4.21. The van der Waals surface area contributed by atoms with E-state index in [1.54, 1.807) is 6.33 Å². The molecule has 1 aromatic heterocycles. The van der Waals surface area contributed by atoms with E-state index in [2.05, 4.69) is 9.97 Å². The van der Waals surface area contributed by atoms with Gasteiger partial charge in [-0.15, -0.1) is 0 Å². The van der Waals surface area contributed by atoms with Gasteiger partial charge in [0, 0.05) is 0 Å². The first-order valence-electron chi connectivity index (χ1n) is 3.77. The monoisotopic (exact) mass is 214 g/mol. The normalized spacial score (nSPS) is 10.7. The predicted molar refractivity (Wildman–Crippen MR) is 53.6 cm³/mol. The molecule has 14 heavy (non-hydrogen) atoms. The molecule has 0 unspecified atom stereocenters. The van der Waals surface area contributed by atoms with Crippen LogP contribution in [0.15, 0.2) is 30.6 Å². The van der Waals surface area contributed by atoms with Gasteiger partial charge >= 0.3 is 0 Å². The van der Waals surface area contributed by atoms with E-state index in [1.165, 1.54) is 0 Å². The molecule has 0 fully saturated rings. The SMILES string of the molecule is CS(=O)(=O)O.c1ccc2[nH]cnc2c1. The van der Waals surface area contributed by atoms with Crippen LogP contribution >= 0.6 is 0 Å². The number of imidazole rings is 1. The fourth-order valence-corrected chi connectivity index (χ4v) is 0.880. The number of benzene rings is 1. The molecular formula is C8H10N2O3S. The Bertz CT molecular complexity index is 466. The number of nitrogens with zero attached hydrogens (tertiary/aromatic N) is 1. The summed E-state index contributed by atoms with van der Waals surface area (Å²) < 4.78 is 25.9. The number of fused-ring (bicyclic) bond motifs is 1. The standard InChI is InChI=1S/C7H6N2.CH4O3S/c1-2-4-7-6(3-1)8-5-9-7;1-5(2,3)4/h1-5H,(H,8,9);1H3,(H,2,3,4). The van der Waals surface area contributed by atoms with Crippen molar-refractivity contribution in [1.82, 2.24) is 9.97 Å². The maximum atomic E-state index is 9.19. The number of hydrogen-bond acceptors (Lipinski definition) is 3. The number of rotatable bonds is 0. The first-order valence-corrected chi connectivity index (χ1v) is 5.62. The average molecular weight is 214 g/mol. The van der Waals surface area contributed by atoms with Crippen molar-refractivity contribution in [3.05, 3.63) is 30.6 Å². The van der Waals surface area contributed by atoms with E-state index in [0.717, 1.165) is 11.0 Å². The highest BCUT2D eigenvalue weighted by molar-refractivity contribution is 7.85. The Labute approximate surface area is 81.5 Å². The van der Waals surface area contributed by atoms with Gasteiger partial charge in [0.25, 0.3) is 10.1 Å². The third-order valence-electron chi connectivity index (χ3n) is 1.33. The summed E-state index contributed by atoms with van der Waals surface area (Å²) in [5.74, 6) is 0. The van der Waals surface area contributed by atoms with Gasteiger partial charge in [0.05, 0.1) is 23.6 Å². The predicted octanol–water partition coefficient (Wildman–Crippen LogP) is 1.07. The summed E-state index contributed by atoms with van der Waals surface area (Å²) in [5, 5.41) is 0. The zero-order chi connectivity index (χ0) is 10.6. The highest BCUT2D eigenvalue weighted by Gasteiger charge is 1.88. The summed E-state index contributed by atoms with van der Waals surface area (Å²) in [6, 6.07) is 7.94. The molecule has 0 saturated carbocycles. The molecular weight excluding hydrogens is 204 g/mol. The summed E-state index contributed by atoms with van der Waals surface area (Å²) in [5.41, 5.74) is 2.12. The van der Waals surface area contributed by atoms with Crippen molar-refractivity contribution in [2.24, 2.45) is 0 Å². The van der Waals surface area contributed by atoms with Crippen LogP contribution in [0.3, 0.4) is 0 Å². The lowest BCUT2D eigenvalue weighted by molar-refractivity contribution is 0.490. The van der Waals surface area contributed by atoms with E-state index in [4.69, 9.17) is 4.55 Å². The van der Waals surface area contributed by atoms with Crippen LogP contribution in [0.4, 0.5) is 0 Å². The molecule has 0 atom stereocenters.